The molecule has 2 aromatic carbocycles. The van der Waals surface area contributed by atoms with Crippen molar-refractivity contribution in [2.75, 3.05) is 24.8 Å². The summed E-state index contributed by atoms with van der Waals surface area (Å²) in [6.07, 6.45) is 1.48. The molecule has 1 saturated heterocycles. The molecule has 0 aromatic heterocycles. The topological polar surface area (TPSA) is 94.2 Å². The number of nitrogens with one attached hydrogen (secondary N) is 1. The van der Waals surface area contributed by atoms with Crippen molar-refractivity contribution in [3.63, 3.8) is 0 Å². The molecule has 1 aliphatic rings. The molecule has 2 amide bonds. The quantitative estimate of drug-likeness (QED) is 0.348. The number of ether oxygens (including phenoxy) is 3. The van der Waals surface area contributed by atoms with Crippen molar-refractivity contribution in [2.45, 2.75) is 13.8 Å². The van der Waals surface area contributed by atoms with Crippen LogP contribution in [-0.4, -0.2) is 37.6 Å². The normalized spacial score (nSPS) is 14.5. The fourth-order valence-corrected chi connectivity index (χ4v) is 3.47. The predicted molar refractivity (Wildman–Crippen MR) is 117 cm³/mol. The summed E-state index contributed by atoms with van der Waals surface area (Å²) in [4.78, 5) is 36.8. The van der Waals surface area contributed by atoms with E-state index in [-0.39, 0.29) is 18.8 Å². The average molecular weight is 489 g/mol. The standard InChI is InChI=1S/C22H21BrN2O6/c1-3-29-18-12-14(11-17(23)20(18)31-13-19(26)30-4-2)10-16-21(27)24-25(22(16)28)15-8-6-5-7-9-15/h5-12H,3-4,13H2,1-2H3,(H,24,27)/b16-10-. The van der Waals surface area contributed by atoms with Crippen molar-refractivity contribution >= 4 is 45.5 Å². The van der Waals surface area contributed by atoms with Crippen molar-refractivity contribution in [2.24, 2.45) is 0 Å². The zero-order valence-corrected chi connectivity index (χ0v) is 18.6. The molecule has 0 spiro atoms. The Morgan fingerprint density at radius 2 is 1.84 bits per heavy atom. The summed E-state index contributed by atoms with van der Waals surface area (Å²) in [6, 6.07) is 12.1. The van der Waals surface area contributed by atoms with E-state index in [0.29, 0.717) is 33.8 Å². The maximum Gasteiger partial charge on any atom is 0.344 e. The number of halogens is 1. The van der Waals surface area contributed by atoms with Gasteiger partial charge in [0.25, 0.3) is 11.8 Å². The van der Waals surface area contributed by atoms with Gasteiger partial charge < -0.3 is 14.2 Å². The van der Waals surface area contributed by atoms with E-state index in [1.807, 2.05) is 6.07 Å². The Bertz CT molecular complexity index is 1020. The third-order valence-electron chi connectivity index (χ3n) is 4.19. The summed E-state index contributed by atoms with van der Waals surface area (Å²) in [5.74, 6) is -0.792. The van der Waals surface area contributed by atoms with Gasteiger partial charge in [-0.05, 0) is 65.7 Å². The summed E-state index contributed by atoms with van der Waals surface area (Å²) in [5.41, 5.74) is 3.65. The number of benzene rings is 2. The fraction of sp³-hybridized carbons (Fsp3) is 0.227. The lowest BCUT2D eigenvalue weighted by Crippen LogP contribution is -2.35. The average Bonchev–Trinajstić information content (AvgIpc) is 3.02. The van der Waals surface area contributed by atoms with Gasteiger partial charge in [0.05, 0.1) is 23.4 Å². The predicted octanol–water partition coefficient (Wildman–Crippen LogP) is 3.25. The first kappa shape index (κ1) is 22.4. The first-order chi connectivity index (χ1) is 14.9. The first-order valence-corrected chi connectivity index (χ1v) is 10.4. The van der Waals surface area contributed by atoms with E-state index >= 15 is 0 Å². The van der Waals surface area contributed by atoms with Crippen LogP contribution >= 0.6 is 15.9 Å². The van der Waals surface area contributed by atoms with E-state index in [2.05, 4.69) is 21.4 Å². The zero-order valence-electron chi connectivity index (χ0n) is 17.0. The monoisotopic (exact) mass is 488 g/mol. The molecule has 1 N–H and O–H groups in total. The van der Waals surface area contributed by atoms with E-state index in [4.69, 9.17) is 14.2 Å². The van der Waals surface area contributed by atoms with Gasteiger partial charge in [0.15, 0.2) is 18.1 Å². The van der Waals surface area contributed by atoms with Crippen LogP contribution in [0.1, 0.15) is 19.4 Å². The summed E-state index contributed by atoms with van der Waals surface area (Å²) < 4.78 is 16.6. The first-order valence-electron chi connectivity index (χ1n) is 9.61. The summed E-state index contributed by atoms with van der Waals surface area (Å²) in [6.45, 7) is 3.84. The highest BCUT2D eigenvalue weighted by atomic mass is 79.9. The zero-order chi connectivity index (χ0) is 22.4. The van der Waals surface area contributed by atoms with E-state index in [1.54, 1.807) is 50.2 Å². The van der Waals surface area contributed by atoms with Crippen LogP contribution in [0.4, 0.5) is 5.69 Å². The van der Waals surface area contributed by atoms with E-state index < -0.39 is 17.8 Å². The summed E-state index contributed by atoms with van der Waals surface area (Å²) in [7, 11) is 0. The van der Waals surface area contributed by atoms with Gasteiger partial charge in [-0.15, -0.1) is 0 Å². The maximum atomic E-state index is 12.8. The Morgan fingerprint density at radius 1 is 1.10 bits per heavy atom. The fourth-order valence-electron chi connectivity index (χ4n) is 2.89. The maximum absolute atomic E-state index is 12.8. The van der Waals surface area contributed by atoms with Crippen LogP contribution < -0.4 is 19.9 Å². The van der Waals surface area contributed by atoms with Crippen LogP contribution in [0.15, 0.2) is 52.5 Å². The molecule has 1 aliphatic heterocycles. The Morgan fingerprint density at radius 3 is 2.52 bits per heavy atom. The lowest BCUT2D eigenvalue weighted by atomic mass is 10.1. The van der Waals surface area contributed by atoms with Crippen LogP contribution in [0, 0.1) is 0 Å². The van der Waals surface area contributed by atoms with E-state index in [0.717, 1.165) is 0 Å². The van der Waals surface area contributed by atoms with Gasteiger partial charge >= 0.3 is 5.97 Å². The van der Waals surface area contributed by atoms with Gasteiger partial charge in [0.2, 0.25) is 0 Å². The lowest BCUT2D eigenvalue weighted by molar-refractivity contribution is -0.145. The number of carbonyl (C=O) groups is 3. The van der Waals surface area contributed by atoms with Crippen molar-refractivity contribution in [1.29, 1.82) is 0 Å². The molecule has 9 heteroatoms. The van der Waals surface area contributed by atoms with Crippen LogP contribution in [0.3, 0.4) is 0 Å². The Hall–Kier alpha value is -3.33. The van der Waals surface area contributed by atoms with Gasteiger partial charge in [-0.2, -0.15) is 0 Å². The minimum atomic E-state index is -0.509. The van der Waals surface area contributed by atoms with Crippen LogP contribution in [0.2, 0.25) is 0 Å². The molecule has 0 radical (unpaired) electrons. The number of para-hydroxylation sites is 1. The molecular formula is C22H21BrN2O6. The van der Waals surface area contributed by atoms with Crippen LogP contribution in [0.25, 0.3) is 6.08 Å². The molecule has 0 aliphatic carbocycles. The van der Waals surface area contributed by atoms with Crippen molar-refractivity contribution in [3.8, 4) is 11.5 Å². The lowest BCUT2D eigenvalue weighted by Gasteiger charge is -2.14. The Balaban J connectivity index is 1.88. The van der Waals surface area contributed by atoms with Gasteiger partial charge in [-0.1, -0.05) is 18.2 Å². The van der Waals surface area contributed by atoms with Gasteiger partial charge in [-0.3, -0.25) is 15.0 Å². The molecule has 0 atom stereocenters. The number of hydrazine groups is 1. The van der Waals surface area contributed by atoms with Crippen molar-refractivity contribution < 1.29 is 28.6 Å². The molecular weight excluding hydrogens is 468 g/mol. The molecule has 3 rings (SSSR count). The molecule has 8 nitrogen and oxygen atoms in total. The minimum Gasteiger partial charge on any atom is -0.490 e. The number of anilines is 1. The third-order valence-corrected chi connectivity index (χ3v) is 4.78. The van der Waals surface area contributed by atoms with Gasteiger partial charge in [-0.25, -0.2) is 9.80 Å². The third kappa shape index (κ3) is 5.24. The van der Waals surface area contributed by atoms with Gasteiger partial charge in [0.1, 0.15) is 5.57 Å². The molecule has 0 bridgehead atoms. The summed E-state index contributed by atoms with van der Waals surface area (Å²) >= 11 is 3.40. The van der Waals surface area contributed by atoms with Crippen LogP contribution in [-0.2, 0) is 19.1 Å². The molecule has 1 heterocycles. The molecule has 0 unspecified atom stereocenters. The highest BCUT2D eigenvalue weighted by Gasteiger charge is 2.34. The Labute approximate surface area is 187 Å². The minimum absolute atomic E-state index is 0.0154. The number of carbonyl (C=O) groups excluding carboxylic acids is 3. The number of rotatable bonds is 8. The molecule has 31 heavy (non-hydrogen) atoms. The molecule has 1 fully saturated rings. The second-order valence-corrected chi connectivity index (χ2v) is 7.19. The number of hydrogen-bond acceptors (Lipinski definition) is 6. The SMILES string of the molecule is CCOC(=O)COc1c(Br)cc(/C=C2/C(=O)NN(c3ccccc3)C2=O)cc1OCC. The second-order valence-electron chi connectivity index (χ2n) is 6.33. The smallest absolute Gasteiger partial charge is 0.344 e. The number of nitrogens with zero attached hydrogens (tertiary/aromatic N) is 1. The highest BCUT2D eigenvalue weighted by molar-refractivity contribution is 9.10. The number of esters is 1. The van der Waals surface area contributed by atoms with Crippen molar-refractivity contribution in [3.05, 3.63) is 58.1 Å². The van der Waals surface area contributed by atoms with Gasteiger partial charge in [0, 0.05) is 0 Å². The Kier molecular flexibility index (Phi) is 7.30. The van der Waals surface area contributed by atoms with E-state index in [1.165, 1.54) is 11.1 Å². The molecule has 0 saturated carbocycles. The number of amides is 2. The van der Waals surface area contributed by atoms with E-state index in [9.17, 15) is 14.4 Å². The van der Waals surface area contributed by atoms with Crippen molar-refractivity contribution in [1.82, 2.24) is 5.43 Å². The molecule has 2 aromatic rings. The molecule has 162 valence electrons. The number of hydrogen-bond donors (Lipinski definition) is 1. The largest absolute Gasteiger partial charge is 0.490 e. The van der Waals surface area contributed by atoms with Crippen LogP contribution in [0.5, 0.6) is 11.5 Å². The highest BCUT2D eigenvalue weighted by Crippen LogP contribution is 2.38. The summed E-state index contributed by atoms with van der Waals surface area (Å²) in [5, 5.41) is 1.20. The second kappa shape index (κ2) is 10.1.